The van der Waals surface area contributed by atoms with Gasteiger partial charge >= 0.3 is 23.1 Å². The van der Waals surface area contributed by atoms with Crippen LogP contribution in [0, 0.1) is 65.8 Å². The van der Waals surface area contributed by atoms with Crippen LogP contribution in [0.3, 0.4) is 0 Å². The van der Waals surface area contributed by atoms with Crippen molar-refractivity contribution in [3.05, 3.63) is 179 Å². The number of allylic oxidation sites excluding steroid dienone is 8. The number of Topliss-reactive ketones (excluding diaryl/α,β-unsaturated/α-hetero) is 4. The van der Waals surface area contributed by atoms with Crippen molar-refractivity contribution >= 4 is 35.1 Å². The van der Waals surface area contributed by atoms with Gasteiger partial charge in [0.25, 0.3) is 0 Å². The molecule has 2 atom stereocenters. The Bertz CT molecular complexity index is 2520. The predicted molar refractivity (Wildman–Crippen MR) is 306 cm³/mol. The van der Waals surface area contributed by atoms with Gasteiger partial charge in [-0.15, -0.1) is 0 Å². The third-order valence-corrected chi connectivity index (χ3v) is 14.0. The van der Waals surface area contributed by atoms with Crippen LogP contribution >= 0.6 is 0 Å². The maximum Gasteiger partial charge on any atom is 0.318 e. The summed E-state index contributed by atoms with van der Waals surface area (Å²) in [5.41, 5.74) is 9.00. The monoisotopic (exact) mass is 1090 g/mol. The zero-order chi connectivity index (χ0) is 60.2. The molecule has 8 rings (SSSR count). The molecule has 13 nitrogen and oxygen atoms in total. The van der Waals surface area contributed by atoms with Gasteiger partial charge in [-0.25, -0.2) is 19.2 Å². The lowest BCUT2D eigenvalue weighted by molar-refractivity contribution is -0.474. The van der Waals surface area contributed by atoms with E-state index >= 15 is 0 Å². The van der Waals surface area contributed by atoms with Crippen molar-refractivity contribution < 1.29 is 59.7 Å². The number of benzene rings is 1. The SMILES string of the molecule is C.CCCCCCCN(CCCCCCC)c1cc(O)cc(C=O)c1.Cc1ccc(C(C)C)cc2c(C)ccc1-2.[CH+]=C1C(=O)C(C)=C1[O-].[CH+]=C1C(=O)C(C)=C1[O-].[CH+]=C1C(=O)C(C)=C1[O-].[CH+]=C1C(=O)C(C)=C1[O-].[CH2+]C1C([O-])C([CH2+])C1O. The minimum Gasteiger partial charge on any atom is -0.845 e. The van der Waals surface area contributed by atoms with Crippen molar-refractivity contribution in [3.63, 3.8) is 0 Å². The Morgan fingerprint density at radius 2 is 0.938 bits per heavy atom. The number of aliphatic hydroxyl groups excluding tert-OH is 1. The Morgan fingerprint density at radius 3 is 1.24 bits per heavy atom. The number of unbranched alkanes of at least 4 members (excludes halogenated alkanes) is 8. The molecule has 0 saturated heterocycles. The summed E-state index contributed by atoms with van der Waals surface area (Å²) in [5, 5.41) is 70.7. The number of aromatic hydroxyl groups is 1. The molecule has 1 saturated carbocycles. The normalized spacial score (nSPS) is 18.5. The Labute approximate surface area is 477 Å². The van der Waals surface area contributed by atoms with Gasteiger partial charge < -0.3 is 40.6 Å². The highest BCUT2D eigenvalue weighted by atomic mass is 16.3. The Kier molecular flexibility index (Phi) is 29.0. The number of carbonyl (C=O) groups excluding carboxylic acids is 5. The Balaban J connectivity index is 0.000000492. The van der Waals surface area contributed by atoms with Crippen molar-refractivity contribution in [3.8, 4) is 16.9 Å². The summed E-state index contributed by atoms with van der Waals surface area (Å²) in [6, 6.07) is 16.5. The molecule has 0 heterocycles. The van der Waals surface area contributed by atoms with Crippen molar-refractivity contribution in [2.75, 3.05) is 18.0 Å². The summed E-state index contributed by atoms with van der Waals surface area (Å²) in [7, 11) is 0. The highest BCUT2D eigenvalue weighted by Crippen LogP contribution is 2.33. The molecule has 0 aromatic heterocycles. The van der Waals surface area contributed by atoms with E-state index in [1.807, 2.05) is 6.07 Å². The summed E-state index contributed by atoms with van der Waals surface area (Å²) < 4.78 is 0. The molecule has 1 aromatic rings. The molecule has 0 aliphatic heterocycles. The van der Waals surface area contributed by atoms with Gasteiger partial charge in [0, 0.05) is 56.7 Å². The van der Waals surface area contributed by atoms with E-state index in [4.69, 9.17) is 31.4 Å². The molecule has 7 aliphatic carbocycles. The van der Waals surface area contributed by atoms with Crippen LogP contribution in [0.2, 0.25) is 0 Å². The predicted octanol–water partition coefficient (Wildman–Crippen LogP) is 8.36. The van der Waals surface area contributed by atoms with Gasteiger partial charge in [0.1, 0.15) is 52.3 Å². The topological polar surface area (TPSA) is 244 Å². The molecule has 2 unspecified atom stereocenters. The third kappa shape index (κ3) is 18.7. The molecule has 1 aromatic carbocycles. The molecular formula is C67H82NO12+. The number of aryl methyl sites for hydroxylation is 2. The van der Waals surface area contributed by atoms with Crippen LogP contribution in [0.4, 0.5) is 5.69 Å². The van der Waals surface area contributed by atoms with Crippen LogP contribution in [-0.4, -0.2) is 64.9 Å². The van der Waals surface area contributed by atoms with Gasteiger partial charge in [-0.05, 0) is 106 Å². The van der Waals surface area contributed by atoms with E-state index < -0.39 is 12.2 Å². The average molecular weight is 1090 g/mol. The van der Waals surface area contributed by atoms with Crippen molar-refractivity contribution in [2.45, 2.75) is 159 Å². The molecule has 0 spiro atoms. The van der Waals surface area contributed by atoms with E-state index in [-0.39, 0.29) is 116 Å². The van der Waals surface area contributed by atoms with E-state index in [9.17, 15) is 54.6 Å². The summed E-state index contributed by atoms with van der Waals surface area (Å²) in [5.74, 6) is -2.27. The van der Waals surface area contributed by atoms with Crippen molar-refractivity contribution in [2.24, 2.45) is 11.8 Å². The molecule has 426 valence electrons. The fourth-order valence-corrected chi connectivity index (χ4v) is 8.14. The number of phenolic OH excluding ortho intramolecular Hbond substituents is 1. The Morgan fingerprint density at radius 1 is 0.575 bits per heavy atom. The highest BCUT2D eigenvalue weighted by molar-refractivity contribution is 6.19. The number of aldehydes is 1. The maximum absolute atomic E-state index is 11.1. The smallest absolute Gasteiger partial charge is 0.318 e. The number of rotatable bonds is 15. The number of anilines is 1. The number of carbonyl (C=O) groups is 5. The highest BCUT2D eigenvalue weighted by Gasteiger charge is 2.47. The van der Waals surface area contributed by atoms with Crippen molar-refractivity contribution in [1.82, 2.24) is 0 Å². The minimum atomic E-state index is -0.745. The molecule has 2 N–H and O–H groups in total. The zero-order valence-electron chi connectivity index (χ0n) is 47.7. The second-order valence-electron chi connectivity index (χ2n) is 20.4. The van der Waals surface area contributed by atoms with Crippen LogP contribution in [0.1, 0.15) is 160 Å². The minimum absolute atomic E-state index is 0. The van der Waals surface area contributed by atoms with E-state index in [2.05, 4.69) is 90.6 Å². The average Bonchev–Trinajstić information content (AvgIpc) is 3.74. The Hall–Kier alpha value is -7.71. The standard InChI is InChI=1S/C21H35NO2.C15H18.C6H9O2.4C6H4O2.CH4/c1-3-5-7-9-11-13-22(14-12-10-8-6-4-2)20-15-19(18-23)16-21(24)17-20;1-10(2)13-7-5-11(3)14-8-6-12(4)15(14)9-13;5*1-3-5(7)4(2)6(3)8;/h15-18,24H,3-14H2,1-2H3;5-10H,1-4H3;3-7H,1-2H2;4*1H,2H3;1H4/q;;+1;;;;;. The fraction of sp³-hybridized carbons (Fsp3) is 0.418. The lowest BCUT2D eigenvalue weighted by atomic mass is 9.71. The molecular weight excluding hydrogens is 1010 g/mol. The molecule has 0 bridgehead atoms. The quantitative estimate of drug-likeness (QED) is 0.0630. The van der Waals surface area contributed by atoms with Gasteiger partial charge in [-0.2, -0.15) is 0 Å². The zero-order valence-corrected chi connectivity index (χ0v) is 47.7. The second-order valence-corrected chi connectivity index (χ2v) is 20.4. The van der Waals surface area contributed by atoms with Gasteiger partial charge in [0.15, 0.2) is 0 Å². The number of nitrogens with zero attached hydrogens (tertiary/aromatic N) is 1. The van der Waals surface area contributed by atoms with Crippen LogP contribution in [0.15, 0.2) is 116 Å². The van der Waals surface area contributed by atoms with Crippen LogP contribution < -0.4 is 30.4 Å². The lowest BCUT2D eigenvalue weighted by Gasteiger charge is -2.41. The van der Waals surface area contributed by atoms with Gasteiger partial charge in [-0.3, -0.25) is 4.79 Å². The van der Waals surface area contributed by atoms with Crippen LogP contribution in [-0.2, 0) is 19.2 Å². The van der Waals surface area contributed by atoms with E-state index in [1.165, 1.54) is 126 Å². The van der Waals surface area contributed by atoms with E-state index in [1.54, 1.807) is 6.07 Å². The lowest BCUT2D eigenvalue weighted by Crippen LogP contribution is -2.59. The first-order chi connectivity index (χ1) is 37.0. The first kappa shape index (κ1) is 70.3. The second kappa shape index (κ2) is 33.0. The molecule has 0 amide bonds. The van der Waals surface area contributed by atoms with Gasteiger partial charge in [-0.1, -0.05) is 117 Å². The fourth-order valence-electron chi connectivity index (χ4n) is 8.14. The first-order valence-corrected chi connectivity index (χ1v) is 26.8. The number of hydrogen-bond donors (Lipinski definition) is 2. The van der Waals surface area contributed by atoms with Crippen LogP contribution in [0.25, 0.3) is 11.1 Å². The first-order valence-electron chi connectivity index (χ1n) is 26.8. The van der Waals surface area contributed by atoms with Crippen LogP contribution in [0.5, 0.6) is 5.75 Å². The largest absolute Gasteiger partial charge is 0.845 e. The number of aliphatic hydroxyl groups is 1. The maximum atomic E-state index is 11.1. The molecule has 0 radical (unpaired) electrons. The number of phenols is 1. The van der Waals surface area contributed by atoms with Crippen molar-refractivity contribution in [1.29, 1.82) is 0 Å². The summed E-state index contributed by atoms with van der Waals surface area (Å²) in [6.07, 6.45) is 12.1. The third-order valence-electron chi connectivity index (χ3n) is 14.0. The number of ketones is 4. The molecule has 1 fully saturated rings. The number of fused-ring (bicyclic) bond motifs is 1. The molecule has 7 aliphatic rings. The summed E-state index contributed by atoms with van der Waals surface area (Å²) >= 11 is 0. The van der Waals surface area contributed by atoms with Gasteiger partial charge in [0.2, 0.25) is 22.3 Å². The molecule has 80 heavy (non-hydrogen) atoms. The summed E-state index contributed by atoms with van der Waals surface area (Å²) in [4.78, 5) is 54.8. The molecule has 13 heteroatoms. The van der Waals surface area contributed by atoms with E-state index in [0.717, 1.165) is 25.1 Å². The number of hydrogen-bond acceptors (Lipinski definition) is 13. The summed E-state index contributed by atoms with van der Waals surface area (Å²) in [6.45, 7) is 47.9. The van der Waals surface area contributed by atoms with E-state index in [0.29, 0.717) is 11.5 Å². The van der Waals surface area contributed by atoms with Gasteiger partial charge in [0.05, 0.1) is 36.9 Å².